The Morgan fingerprint density at radius 2 is 2.09 bits per heavy atom. The van der Waals surface area contributed by atoms with Gasteiger partial charge in [-0.25, -0.2) is 0 Å². The van der Waals surface area contributed by atoms with Crippen LogP contribution in [-0.4, -0.2) is 24.8 Å². The smallest absolute Gasteiger partial charge is 0.0703 e. The summed E-state index contributed by atoms with van der Waals surface area (Å²) >= 11 is 0. The van der Waals surface area contributed by atoms with Gasteiger partial charge in [-0.1, -0.05) is 0 Å². The second kappa shape index (κ2) is 4.07. The second-order valence-corrected chi connectivity index (χ2v) is 3.59. The Hall–Kier alpha value is -0.0800. The van der Waals surface area contributed by atoms with Crippen molar-refractivity contribution in [1.29, 1.82) is 0 Å². The molecule has 1 rings (SSSR count). The van der Waals surface area contributed by atoms with Crippen LogP contribution in [0.5, 0.6) is 0 Å². The van der Waals surface area contributed by atoms with Crippen molar-refractivity contribution in [3.63, 3.8) is 0 Å². The molecule has 0 amide bonds. The second-order valence-electron chi connectivity index (χ2n) is 3.59. The molecule has 0 spiro atoms. The molecule has 11 heavy (non-hydrogen) atoms. The molecule has 2 unspecified atom stereocenters. The zero-order chi connectivity index (χ0) is 8.27. The molecule has 1 aliphatic rings. The monoisotopic (exact) mass is 157 g/mol. The fourth-order valence-corrected chi connectivity index (χ4v) is 1.64. The van der Waals surface area contributed by atoms with Gasteiger partial charge in [0.2, 0.25) is 0 Å². The van der Waals surface area contributed by atoms with Crippen molar-refractivity contribution in [3.8, 4) is 0 Å². The highest BCUT2D eigenvalue weighted by Gasteiger charge is 2.21. The Balaban J connectivity index is 2.22. The van der Waals surface area contributed by atoms with E-state index in [1.54, 1.807) is 0 Å². The van der Waals surface area contributed by atoms with Crippen molar-refractivity contribution in [2.45, 2.75) is 51.9 Å². The molecule has 1 N–H and O–H groups in total. The number of nitrogens with one attached hydrogen (secondary N) is 1. The lowest BCUT2D eigenvalue weighted by molar-refractivity contribution is 0.000933. The van der Waals surface area contributed by atoms with Gasteiger partial charge in [-0.05, 0) is 40.2 Å². The normalized spacial score (nSPS) is 27.8. The van der Waals surface area contributed by atoms with E-state index in [-0.39, 0.29) is 0 Å². The fourth-order valence-electron chi connectivity index (χ4n) is 1.64. The largest absolute Gasteiger partial charge is 0.374 e. The lowest BCUT2D eigenvalue weighted by atomic mass is 10.1. The van der Waals surface area contributed by atoms with E-state index in [4.69, 9.17) is 4.74 Å². The average molecular weight is 157 g/mol. The van der Waals surface area contributed by atoms with Crippen LogP contribution in [0.25, 0.3) is 0 Å². The van der Waals surface area contributed by atoms with Crippen LogP contribution < -0.4 is 5.32 Å². The molecule has 0 saturated carbocycles. The van der Waals surface area contributed by atoms with Gasteiger partial charge < -0.3 is 10.1 Å². The van der Waals surface area contributed by atoms with Gasteiger partial charge in [0.25, 0.3) is 0 Å². The summed E-state index contributed by atoms with van der Waals surface area (Å²) in [6.07, 6.45) is 3.30. The predicted molar refractivity (Wildman–Crippen MR) is 46.7 cm³/mol. The van der Waals surface area contributed by atoms with Gasteiger partial charge in [-0.3, -0.25) is 0 Å². The molecule has 2 heteroatoms. The third-order valence-electron chi connectivity index (χ3n) is 2.15. The Morgan fingerprint density at radius 3 is 2.55 bits per heavy atom. The lowest BCUT2D eigenvalue weighted by Crippen LogP contribution is -2.36. The maximum Gasteiger partial charge on any atom is 0.0703 e. The minimum absolute atomic E-state index is 0.354. The number of hydrogen-bond donors (Lipinski definition) is 1. The van der Waals surface area contributed by atoms with E-state index in [2.05, 4.69) is 26.1 Å². The molecule has 0 bridgehead atoms. The van der Waals surface area contributed by atoms with Gasteiger partial charge in [0.05, 0.1) is 12.2 Å². The van der Waals surface area contributed by atoms with Crippen LogP contribution in [0.15, 0.2) is 0 Å². The molecular weight excluding hydrogens is 138 g/mol. The third-order valence-corrected chi connectivity index (χ3v) is 2.15. The zero-order valence-electron chi connectivity index (χ0n) is 7.76. The summed E-state index contributed by atoms with van der Waals surface area (Å²) < 4.78 is 5.67. The Bertz CT molecular complexity index is 108. The first-order valence-corrected chi connectivity index (χ1v) is 4.59. The van der Waals surface area contributed by atoms with Crippen molar-refractivity contribution in [3.05, 3.63) is 0 Å². The van der Waals surface area contributed by atoms with E-state index >= 15 is 0 Å². The van der Waals surface area contributed by atoms with Gasteiger partial charge in [0, 0.05) is 6.04 Å². The molecule has 0 aromatic rings. The lowest BCUT2D eigenvalue weighted by Gasteiger charge is -2.22. The maximum atomic E-state index is 5.67. The molecule has 2 nitrogen and oxygen atoms in total. The topological polar surface area (TPSA) is 21.3 Å². The molecule has 66 valence electrons. The van der Waals surface area contributed by atoms with Gasteiger partial charge in [0.1, 0.15) is 0 Å². The highest BCUT2D eigenvalue weighted by molar-refractivity contribution is 4.79. The van der Waals surface area contributed by atoms with Crippen molar-refractivity contribution >= 4 is 0 Å². The van der Waals surface area contributed by atoms with Crippen LogP contribution in [-0.2, 0) is 4.74 Å². The fraction of sp³-hybridized carbons (Fsp3) is 1.00. The van der Waals surface area contributed by atoms with Gasteiger partial charge in [0.15, 0.2) is 0 Å². The molecule has 1 fully saturated rings. The summed E-state index contributed by atoms with van der Waals surface area (Å²) in [7, 11) is 0. The summed E-state index contributed by atoms with van der Waals surface area (Å²) in [4.78, 5) is 0. The quantitative estimate of drug-likeness (QED) is 0.671. The van der Waals surface area contributed by atoms with Crippen LogP contribution in [0.1, 0.15) is 33.6 Å². The number of hydrogen-bond acceptors (Lipinski definition) is 2. The van der Waals surface area contributed by atoms with Gasteiger partial charge >= 0.3 is 0 Å². The SMILES string of the molecule is CC(C)OC(C)C1CCCN1. The minimum Gasteiger partial charge on any atom is -0.374 e. The molecular formula is C9H19NO. The predicted octanol–water partition coefficient (Wildman–Crippen LogP) is 1.55. The number of rotatable bonds is 3. The standard InChI is InChI=1S/C9H19NO/c1-7(2)11-8(3)9-5-4-6-10-9/h7-10H,4-6H2,1-3H3. The summed E-state index contributed by atoms with van der Waals surface area (Å²) in [6, 6.07) is 0.595. The van der Waals surface area contributed by atoms with E-state index in [0.717, 1.165) is 6.54 Å². The van der Waals surface area contributed by atoms with Crippen LogP contribution in [0.4, 0.5) is 0 Å². The Morgan fingerprint density at radius 1 is 1.36 bits per heavy atom. The molecule has 1 saturated heterocycles. The first-order chi connectivity index (χ1) is 5.20. The Labute approximate surface area is 69.3 Å². The first kappa shape index (κ1) is 9.01. The number of ether oxygens (including phenoxy) is 1. The molecule has 0 aliphatic carbocycles. The molecule has 0 aromatic carbocycles. The zero-order valence-corrected chi connectivity index (χ0v) is 7.76. The van der Waals surface area contributed by atoms with E-state index in [0.29, 0.717) is 18.2 Å². The van der Waals surface area contributed by atoms with Crippen molar-refractivity contribution in [2.75, 3.05) is 6.54 Å². The van der Waals surface area contributed by atoms with Crippen molar-refractivity contribution in [1.82, 2.24) is 5.32 Å². The third kappa shape index (κ3) is 2.80. The molecule has 0 radical (unpaired) electrons. The van der Waals surface area contributed by atoms with Gasteiger partial charge in [-0.15, -0.1) is 0 Å². The summed E-state index contributed by atoms with van der Waals surface area (Å²) in [6.45, 7) is 7.50. The summed E-state index contributed by atoms with van der Waals surface area (Å²) in [5.74, 6) is 0. The maximum absolute atomic E-state index is 5.67. The highest BCUT2D eigenvalue weighted by atomic mass is 16.5. The summed E-state index contributed by atoms with van der Waals surface area (Å²) in [5.41, 5.74) is 0. The van der Waals surface area contributed by atoms with Crippen molar-refractivity contribution < 1.29 is 4.74 Å². The molecule has 1 heterocycles. The highest BCUT2D eigenvalue weighted by Crippen LogP contribution is 2.12. The van der Waals surface area contributed by atoms with Gasteiger partial charge in [-0.2, -0.15) is 0 Å². The molecule has 0 aromatic heterocycles. The molecule has 1 aliphatic heterocycles. The minimum atomic E-state index is 0.354. The van der Waals surface area contributed by atoms with Crippen LogP contribution in [0, 0.1) is 0 Å². The average Bonchev–Trinajstić information content (AvgIpc) is 2.35. The van der Waals surface area contributed by atoms with E-state index in [1.165, 1.54) is 12.8 Å². The van der Waals surface area contributed by atoms with E-state index in [9.17, 15) is 0 Å². The van der Waals surface area contributed by atoms with Crippen molar-refractivity contribution in [2.24, 2.45) is 0 Å². The first-order valence-electron chi connectivity index (χ1n) is 4.59. The van der Waals surface area contributed by atoms with Crippen LogP contribution in [0.3, 0.4) is 0 Å². The molecule has 2 atom stereocenters. The van der Waals surface area contributed by atoms with Crippen LogP contribution in [0.2, 0.25) is 0 Å². The van der Waals surface area contributed by atoms with E-state index in [1.807, 2.05) is 0 Å². The van der Waals surface area contributed by atoms with E-state index < -0.39 is 0 Å². The Kier molecular flexibility index (Phi) is 3.34. The summed E-state index contributed by atoms with van der Waals surface area (Å²) in [5, 5.41) is 3.44. The van der Waals surface area contributed by atoms with Crippen LogP contribution >= 0.6 is 0 Å².